The van der Waals surface area contributed by atoms with E-state index in [2.05, 4.69) is 38.8 Å². The highest BCUT2D eigenvalue weighted by Crippen LogP contribution is 2.42. The second-order valence-electron chi connectivity index (χ2n) is 4.93. The fourth-order valence-corrected chi connectivity index (χ4v) is 5.51. The Hall–Kier alpha value is -0.530. The lowest BCUT2D eigenvalue weighted by Crippen LogP contribution is -2.40. The first kappa shape index (κ1) is 16.8. The van der Waals surface area contributed by atoms with Gasteiger partial charge in [-0.15, -0.1) is 11.3 Å². The molecular formula is C14H15Br2NO3S. The summed E-state index contributed by atoms with van der Waals surface area (Å²) in [4.78, 5) is 38.2. The first-order chi connectivity index (χ1) is 9.93. The van der Waals surface area contributed by atoms with Crippen molar-refractivity contribution >= 4 is 60.9 Å². The number of hydrogen-bond acceptors (Lipinski definition) is 4. The van der Waals surface area contributed by atoms with Crippen molar-refractivity contribution in [2.75, 3.05) is 0 Å². The summed E-state index contributed by atoms with van der Waals surface area (Å²) in [5.41, 5.74) is 0.603. The zero-order valence-electron chi connectivity index (χ0n) is 11.7. The van der Waals surface area contributed by atoms with E-state index in [0.29, 0.717) is 31.5 Å². The number of rotatable bonds is 5. The largest absolute Gasteiger partial charge is 0.274 e. The highest BCUT2D eigenvalue weighted by Gasteiger charge is 2.45. The van der Waals surface area contributed by atoms with Crippen molar-refractivity contribution in [2.45, 2.75) is 39.5 Å². The molecule has 0 spiro atoms. The van der Waals surface area contributed by atoms with Gasteiger partial charge in [0.15, 0.2) is 0 Å². The van der Waals surface area contributed by atoms with Gasteiger partial charge in [-0.05, 0) is 44.7 Å². The Morgan fingerprint density at radius 3 is 2.10 bits per heavy atom. The van der Waals surface area contributed by atoms with Gasteiger partial charge in [0.25, 0.3) is 11.8 Å². The molecule has 7 heteroatoms. The van der Waals surface area contributed by atoms with Gasteiger partial charge < -0.3 is 0 Å². The second-order valence-corrected chi connectivity index (χ2v) is 8.59. The maximum atomic E-state index is 12.5. The molecule has 3 amide bonds. The number of thiophene rings is 1. The Morgan fingerprint density at radius 1 is 1.14 bits per heavy atom. The van der Waals surface area contributed by atoms with E-state index in [0.717, 1.165) is 17.7 Å². The number of nitrogens with zero attached hydrogens (tertiary/aromatic N) is 1. The number of amides is 3. The van der Waals surface area contributed by atoms with Gasteiger partial charge >= 0.3 is 0 Å². The molecule has 0 fully saturated rings. The van der Waals surface area contributed by atoms with E-state index in [1.165, 1.54) is 11.3 Å². The predicted molar refractivity (Wildman–Crippen MR) is 88.5 cm³/mol. The van der Waals surface area contributed by atoms with Crippen LogP contribution in [0, 0.1) is 5.92 Å². The van der Waals surface area contributed by atoms with Crippen LogP contribution in [0.2, 0.25) is 0 Å². The Labute approximate surface area is 144 Å². The van der Waals surface area contributed by atoms with Crippen LogP contribution >= 0.6 is 43.2 Å². The Kier molecular flexibility index (Phi) is 5.38. The maximum Gasteiger partial charge on any atom is 0.270 e. The van der Waals surface area contributed by atoms with Gasteiger partial charge in [0.05, 0.1) is 18.7 Å². The van der Waals surface area contributed by atoms with Crippen LogP contribution in [0.25, 0.3) is 0 Å². The summed E-state index contributed by atoms with van der Waals surface area (Å²) >= 11 is 7.85. The topological polar surface area (TPSA) is 54.5 Å². The number of hydrogen-bond donors (Lipinski definition) is 0. The van der Waals surface area contributed by atoms with E-state index in [4.69, 9.17) is 0 Å². The summed E-state index contributed by atoms with van der Waals surface area (Å²) in [5.74, 6) is -1.67. The standard InChI is InChI=1S/C14H15Br2NO3S/c1-3-5-6-7(4-2)12(18)17-13(19)8-9(14(17)20)11(16)21-10(8)15/h7H,3-6H2,1-2H3. The molecule has 4 nitrogen and oxygen atoms in total. The van der Waals surface area contributed by atoms with Crippen molar-refractivity contribution in [3.05, 3.63) is 18.7 Å². The van der Waals surface area contributed by atoms with Gasteiger partial charge in [0.2, 0.25) is 5.91 Å². The number of imide groups is 3. The molecule has 0 saturated carbocycles. The highest BCUT2D eigenvalue weighted by atomic mass is 79.9. The first-order valence-corrected chi connectivity index (χ1v) is 9.24. The fraction of sp³-hybridized carbons (Fsp3) is 0.500. The molecule has 1 unspecified atom stereocenters. The van der Waals surface area contributed by atoms with Crippen LogP contribution in [0.5, 0.6) is 0 Å². The minimum Gasteiger partial charge on any atom is -0.274 e. The van der Waals surface area contributed by atoms with Crippen LogP contribution in [-0.2, 0) is 4.79 Å². The van der Waals surface area contributed by atoms with Crippen molar-refractivity contribution in [2.24, 2.45) is 5.92 Å². The molecule has 21 heavy (non-hydrogen) atoms. The van der Waals surface area contributed by atoms with E-state index in [-0.39, 0.29) is 11.8 Å². The highest BCUT2D eigenvalue weighted by molar-refractivity contribution is 9.12. The third-order valence-electron chi connectivity index (χ3n) is 3.62. The van der Waals surface area contributed by atoms with Crippen molar-refractivity contribution in [3.63, 3.8) is 0 Å². The SMILES string of the molecule is CCCCC(CC)C(=O)N1C(=O)c2c(Br)sc(Br)c2C1=O. The zero-order chi connectivity index (χ0) is 15.7. The van der Waals surface area contributed by atoms with Gasteiger partial charge in [-0.3, -0.25) is 14.4 Å². The van der Waals surface area contributed by atoms with Crippen LogP contribution in [0.1, 0.15) is 60.2 Å². The van der Waals surface area contributed by atoms with Gasteiger partial charge in [-0.1, -0.05) is 26.7 Å². The van der Waals surface area contributed by atoms with Crippen molar-refractivity contribution in [1.29, 1.82) is 0 Å². The van der Waals surface area contributed by atoms with Crippen molar-refractivity contribution in [3.8, 4) is 0 Å². The molecular weight excluding hydrogens is 422 g/mol. The van der Waals surface area contributed by atoms with Gasteiger partial charge in [-0.25, -0.2) is 4.90 Å². The van der Waals surface area contributed by atoms with Crippen LogP contribution in [0.15, 0.2) is 7.57 Å². The van der Waals surface area contributed by atoms with Gasteiger partial charge in [-0.2, -0.15) is 0 Å². The molecule has 1 aliphatic rings. The summed E-state index contributed by atoms with van der Waals surface area (Å²) in [6.07, 6.45) is 3.23. The van der Waals surface area contributed by atoms with Crippen molar-refractivity contribution < 1.29 is 14.4 Å². The molecule has 0 aromatic carbocycles. The second kappa shape index (κ2) is 6.71. The molecule has 0 N–H and O–H groups in total. The van der Waals surface area contributed by atoms with E-state index in [1.54, 1.807) is 0 Å². The molecule has 0 aliphatic carbocycles. The van der Waals surface area contributed by atoms with E-state index >= 15 is 0 Å². The Bertz CT molecular complexity index is 575. The minimum absolute atomic E-state index is 0.275. The average Bonchev–Trinajstić information content (AvgIpc) is 2.87. The third kappa shape index (κ3) is 2.87. The summed E-state index contributed by atoms with van der Waals surface area (Å²) in [5, 5.41) is 0. The molecule has 1 aromatic heterocycles. The number of halogens is 2. The molecule has 1 aromatic rings. The number of carbonyl (C=O) groups excluding carboxylic acids is 3. The lowest BCUT2D eigenvalue weighted by molar-refractivity contribution is -0.130. The number of unbranched alkanes of at least 4 members (excludes halogenated alkanes) is 1. The van der Waals surface area contributed by atoms with Gasteiger partial charge in [0, 0.05) is 5.92 Å². The molecule has 0 bridgehead atoms. The van der Waals surface area contributed by atoms with Crippen molar-refractivity contribution in [1.82, 2.24) is 4.90 Å². The zero-order valence-corrected chi connectivity index (χ0v) is 15.7. The van der Waals surface area contributed by atoms with Crippen LogP contribution in [0.4, 0.5) is 0 Å². The molecule has 2 rings (SSSR count). The fourth-order valence-electron chi connectivity index (χ4n) is 2.41. The normalized spacial score (nSPS) is 15.5. The lowest BCUT2D eigenvalue weighted by atomic mass is 9.98. The van der Waals surface area contributed by atoms with E-state index in [1.807, 2.05) is 6.92 Å². The molecule has 1 aliphatic heterocycles. The third-order valence-corrected chi connectivity index (χ3v) is 6.16. The monoisotopic (exact) mass is 435 g/mol. The molecule has 114 valence electrons. The van der Waals surface area contributed by atoms with E-state index in [9.17, 15) is 14.4 Å². The minimum atomic E-state index is -0.510. The Balaban J connectivity index is 2.30. The predicted octanol–water partition coefficient (Wildman–Crippen LogP) is 4.61. The molecule has 2 heterocycles. The molecule has 1 atom stereocenters. The average molecular weight is 437 g/mol. The molecule has 0 radical (unpaired) electrons. The van der Waals surface area contributed by atoms with Gasteiger partial charge in [0.1, 0.15) is 0 Å². The first-order valence-electron chi connectivity index (χ1n) is 6.84. The maximum absolute atomic E-state index is 12.5. The lowest BCUT2D eigenvalue weighted by Gasteiger charge is -2.19. The summed E-state index contributed by atoms with van der Waals surface area (Å²) in [6.45, 7) is 3.96. The van der Waals surface area contributed by atoms with Crippen LogP contribution in [-0.4, -0.2) is 22.6 Å². The number of carbonyl (C=O) groups is 3. The number of fused-ring (bicyclic) bond motifs is 1. The smallest absolute Gasteiger partial charge is 0.270 e. The summed E-state index contributed by atoms with van der Waals surface area (Å²) in [6, 6.07) is 0. The Morgan fingerprint density at radius 2 is 1.67 bits per heavy atom. The van der Waals surface area contributed by atoms with Crippen LogP contribution < -0.4 is 0 Å². The summed E-state index contributed by atoms with van der Waals surface area (Å²) in [7, 11) is 0. The quantitative estimate of drug-likeness (QED) is 0.633. The summed E-state index contributed by atoms with van der Waals surface area (Å²) < 4.78 is 1.17. The van der Waals surface area contributed by atoms with Crippen LogP contribution in [0.3, 0.4) is 0 Å². The van der Waals surface area contributed by atoms with E-state index < -0.39 is 11.8 Å². The molecule has 0 saturated heterocycles.